The predicted molar refractivity (Wildman–Crippen MR) is 133 cm³/mol. The van der Waals surface area contributed by atoms with Gasteiger partial charge in [0.15, 0.2) is 5.75 Å². The summed E-state index contributed by atoms with van der Waals surface area (Å²) in [6.45, 7) is 3.07. The van der Waals surface area contributed by atoms with E-state index in [0.29, 0.717) is 30.2 Å². The van der Waals surface area contributed by atoms with E-state index in [-0.39, 0.29) is 34.5 Å². The second-order valence-corrected chi connectivity index (χ2v) is 9.55. The maximum absolute atomic E-state index is 13.4. The van der Waals surface area contributed by atoms with Gasteiger partial charge in [-0.05, 0) is 44.5 Å². The Labute approximate surface area is 208 Å². The molecule has 0 bridgehead atoms. The number of benzene rings is 2. The minimum atomic E-state index is -0.530. The van der Waals surface area contributed by atoms with Crippen LogP contribution in [0.15, 0.2) is 35.3 Å². The third kappa shape index (κ3) is 6.01. The van der Waals surface area contributed by atoms with E-state index < -0.39 is 10.7 Å². The van der Waals surface area contributed by atoms with Crippen molar-refractivity contribution in [2.45, 2.75) is 31.4 Å². The Hall–Kier alpha value is -2.95. The molecule has 11 heteroatoms. The summed E-state index contributed by atoms with van der Waals surface area (Å²) in [6, 6.07) is 7.15. The fourth-order valence-corrected chi connectivity index (χ4v) is 4.81. The van der Waals surface area contributed by atoms with E-state index in [1.807, 2.05) is 0 Å². The van der Waals surface area contributed by atoms with Crippen molar-refractivity contribution in [1.82, 2.24) is 4.90 Å². The first-order chi connectivity index (χ1) is 16.8. The molecule has 2 aromatic carbocycles. The van der Waals surface area contributed by atoms with Crippen LogP contribution in [-0.2, 0) is 11.3 Å². The van der Waals surface area contributed by atoms with E-state index in [4.69, 9.17) is 26.8 Å². The first-order valence-electron chi connectivity index (χ1n) is 11.5. The maximum atomic E-state index is 13.4. The normalized spacial score (nSPS) is 19.9. The standard InChI is InChI=1S/C24H29ClFN5O4/c1-30-6-4-24(5-7-30)11-16(14-35-24)13-34-23-10-21(29-15-27)17(8-22(23)31(32)33)12-28-18-2-3-20(26)19(25)9-18/h2-3,8-10,15-16,28H,4-7,11-14H2,1H3,(H2,27,29). The number of aliphatic imine (C=N–C) groups is 1. The quantitative estimate of drug-likeness (QED) is 0.235. The molecule has 0 aromatic heterocycles. The van der Waals surface area contributed by atoms with Gasteiger partial charge in [0.1, 0.15) is 5.82 Å². The number of hydrogen-bond acceptors (Lipinski definition) is 7. The van der Waals surface area contributed by atoms with Gasteiger partial charge in [-0.2, -0.15) is 0 Å². The summed E-state index contributed by atoms with van der Waals surface area (Å²) in [4.78, 5) is 17.8. The van der Waals surface area contributed by atoms with Crippen LogP contribution in [0.1, 0.15) is 24.8 Å². The number of rotatable bonds is 8. The van der Waals surface area contributed by atoms with Crippen LogP contribution >= 0.6 is 11.6 Å². The molecule has 2 fully saturated rings. The van der Waals surface area contributed by atoms with Crippen LogP contribution in [0.3, 0.4) is 0 Å². The molecule has 0 amide bonds. The van der Waals surface area contributed by atoms with Crippen molar-refractivity contribution in [3.05, 3.63) is 56.8 Å². The number of halogens is 2. The molecule has 0 saturated carbocycles. The fourth-order valence-electron chi connectivity index (χ4n) is 4.63. The smallest absolute Gasteiger partial charge is 0.311 e. The molecule has 9 nitrogen and oxygen atoms in total. The minimum absolute atomic E-state index is 0.0251. The van der Waals surface area contributed by atoms with Crippen molar-refractivity contribution in [2.24, 2.45) is 16.6 Å². The molecule has 2 aliphatic rings. The number of hydrogen-bond donors (Lipinski definition) is 2. The average Bonchev–Trinajstić information content (AvgIpc) is 3.23. The first-order valence-corrected chi connectivity index (χ1v) is 11.9. The molecule has 0 aliphatic carbocycles. The Morgan fingerprint density at radius 1 is 1.40 bits per heavy atom. The van der Waals surface area contributed by atoms with E-state index in [1.54, 1.807) is 0 Å². The molecule has 1 atom stereocenters. The third-order valence-corrected chi connectivity index (χ3v) is 6.92. The van der Waals surface area contributed by atoms with Gasteiger partial charge in [-0.1, -0.05) is 11.6 Å². The zero-order valence-electron chi connectivity index (χ0n) is 19.5. The molecule has 1 unspecified atom stereocenters. The molecule has 188 valence electrons. The highest BCUT2D eigenvalue weighted by molar-refractivity contribution is 6.31. The van der Waals surface area contributed by atoms with Gasteiger partial charge in [-0.15, -0.1) is 0 Å². The average molecular weight is 506 g/mol. The topological polar surface area (TPSA) is 115 Å². The Morgan fingerprint density at radius 2 is 2.17 bits per heavy atom. The number of nitrogens with zero attached hydrogens (tertiary/aromatic N) is 3. The maximum Gasteiger partial charge on any atom is 0.311 e. The van der Waals surface area contributed by atoms with Crippen LogP contribution in [0.5, 0.6) is 5.75 Å². The van der Waals surface area contributed by atoms with Crippen LogP contribution in [0.25, 0.3) is 0 Å². The van der Waals surface area contributed by atoms with Gasteiger partial charge in [-0.25, -0.2) is 9.38 Å². The highest BCUT2D eigenvalue weighted by Gasteiger charge is 2.42. The lowest BCUT2D eigenvalue weighted by Gasteiger charge is -2.37. The SMILES string of the molecule is CN1CCC2(CC1)CC(COc1cc(N=CN)c(CNc3ccc(F)c(Cl)c3)cc1[N+](=O)[O-])CO2. The van der Waals surface area contributed by atoms with E-state index in [1.165, 1.54) is 30.3 Å². The van der Waals surface area contributed by atoms with Gasteiger partial charge < -0.3 is 25.4 Å². The summed E-state index contributed by atoms with van der Waals surface area (Å²) in [7, 11) is 2.11. The second-order valence-electron chi connectivity index (χ2n) is 9.14. The molecule has 0 radical (unpaired) electrons. The summed E-state index contributed by atoms with van der Waals surface area (Å²) in [5.41, 5.74) is 6.77. The highest BCUT2D eigenvalue weighted by Crippen LogP contribution is 2.40. The third-order valence-electron chi connectivity index (χ3n) is 6.63. The van der Waals surface area contributed by atoms with Crippen LogP contribution in [0, 0.1) is 21.8 Å². The lowest BCUT2D eigenvalue weighted by Crippen LogP contribution is -2.42. The van der Waals surface area contributed by atoms with E-state index in [2.05, 4.69) is 22.3 Å². The van der Waals surface area contributed by atoms with Gasteiger partial charge >= 0.3 is 5.69 Å². The van der Waals surface area contributed by atoms with Crippen LogP contribution in [0.2, 0.25) is 5.02 Å². The molecule has 35 heavy (non-hydrogen) atoms. The van der Waals surface area contributed by atoms with Gasteiger partial charge in [0.2, 0.25) is 0 Å². The summed E-state index contributed by atoms with van der Waals surface area (Å²) in [5, 5.41) is 14.9. The van der Waals surface area contributed by atoms with Crippen LogP contribution in [0.4, 0.5) is 21.5 Å². The number of ether oxygens (including phenoxy) is 2. The molecule has 2 aromatic rings. The Balaban J connectivity index is 1.47. The summed E-state index contributed by atoms with van der Waals surface area (Å²) >= 11 is 5.83. The molecule has 1 spiro atoms. The monoisotopic (exact) mass is 505 g/mol. The number of nitrogens with one attached hydrogen (secondary N) is 1. The fraction of sp³-hybridized carbons (Fsp3) is 0.458. The van der Waals surface area contributed by atoms with Crippen LogP contribution < -0.4 is 15.8 Å². The molecular weight excluding hydrogens is 477 g/mol. The van der Waals surface area contributed by atoms with Gasteiger partial charge in [0.25, 0.3) is 0 Å². The molecule has 4 rings (SSSR count). The summed E-state index contributed by atoms with van der Waals surface area (Å²) < 4.78 is 25.5. The zero-order valence-corrected chi connectivity index (χ0v) is 20.3. The number of nitro groups is 1. The highest BCUT2D eigenvalue weighted by atomic mass is 35.5. The molecule has 2 aliphatic heterocycles. The molecule has 2 heterocycles. The van der Waals surface area contributed by atoms with Gasteiger partial charge in [-0.3, -0.25) is 10.1 Å². The molecular formula is C24H29ClFN5O4. The number of nitrogens with two attached hydrogens (primary N) is 1. The van der Waals surface area contributed by atoms with Gasteiger partial charge in [0.05, 0.1) is 40.8 Å². The Morgan fingerprint density at radius 3 is 2.86 bits per heavy atom. The van der Waals surface area contributed by atoms with Crippen molar-refractivity contribution in [3.8, 4) is 5.75 Å². The minimum Gasteiger partial charge on any atom is -0.486 e. The number of likely N-dealkylation sites (tertiary alicyclic amines) is 1. The van der Waals surface area contributed by atoms with Crippen molar-refractivity contribution < 1.29 is 18.8 Å². The van der Waals surface area contributed by atoms with Crippen molar-refractivity contribution in [3.63, 3.8) is 0 Å². The predicted octanol–water partition coefficient (Wildman–Crippen LogP) is 4.50. The van der Waals surface area contributed by atoms with E-state index in [9.17, 15) is 14.5 Å². The summed E-state index contributed by atoms with van der Waals surface area (Å²) in [6.07, 6.45) is 3.97. The molecule has 2 saturated heterocycles. The lowest BCUT2D eigenvalue weighted by atomic mass is 9.86. The zero-order chi connectivity index (χ0) is 25.0. The van der Waals surface area contributed by atoms with Crippen molar-refractivity contribution in [2.75, 3.05) is 38.7 Å². The Bertz CT molecular complexity index is 1110. The number of piperidine rings is 1. The number of anilines is 1. The Kier molecular flexibility index (Phi) is 7.73. The second kappa shape index (κ2) is 10.8. The number of nitro benzene ring substituents is 1. The van der Waals surface area contributed by atoms with E-state index in [0.717, 1.165) is 38.7 Å². The van der Waals surface area contributed by atoms with Crippen molar-refractivity contribution >= 4 is 35.0 Å². The molecule has 3 N–H and O–H groups in total. The first kappa shape index (κ1) is 25.2. The summed E-state index contributed by atoms with van der Waals surface area (Å²) in [5.74, 6) is -0.241. The lowest BCUT2D eigenvalue weighted by molar-refractivity contribution is -0.386. The van der Waals surface area contributed by atoms with Gasteiger partial charge in [0, 0.05) is 48.9 Å². The van der Waals surface area contributed by atoms with Crippen molar-refractivity contribution in [1.29, 1.82) is 0 Å². The largest absolute Gasteiger partial charge is 0.486 e. The van der Waals surface area contributed by atoms with Crippen LogP contribution in [-0.4, -0.2) is 55.1 Å². The van der Waals surface area contributed by atoms with E-state index >= 15 is 0 Å².